The maximum Gasteiger partial charge on any atom is 0.261 e. The second kappa shape index (κ2) is 8.71. The van der Waals surface area contributed by atoms with Gasteiger partial charge in [-0.25, -0.2) is 0 Å². The number of rotatable bonds is 8. The monoisotopic (exact) mass is 374 g/mol. The first-order valence-corrected chi connectivity index (χ1v) is 10.5. The Kier molecular flexibility index (Phi) is 6.35. The number of thioether (sulfide) groups is 1. The topological polar surface area (TPSA) is 66.5 Å². The molecule has 0 spiro atoms. The van der Waals surface area contributed by atoms with Crippen LogP contribution in [-0.2, 0) is 4.79 Å². The fourth-order valence-corrected chi connectivity index (χ4v) is 4.48. The van der Waals surface area contributed by atoms with Crippen LogP contribution in [0.15, 0.2) is 24.3 Å². The summed E-state index contributed by atoms with van der Waals surface area (Å²) >= 11 is 1.64. The largest absolute Gasteiger partial charge is 0.352 e. The quantitative estimate of drug-likeness (QED) is 0.560. The summed E-state index contributed by atoms with van der Waals surface area (Å²) in [5, 5.41) is 3.07. The second-order valence-electron chi connectivity index (χ2n) is 7.02. The summed E-state index contributed by atoms with van der Waals surface area (Å²) in [6.45, 7) is 2.38. The summed E-state index contributed by atoms with van der Waals surface area (Å²) < 4.78 is 0. The van der Waals surface area contributed by atoms with E-state index in [1.807, 2.05) is 6.92 Å². The minimum absolute atomic E-state index is 0.0603. The van der Waals surface area contributed by atoms with E-state index in [2.05, 4.69) is 5.32 Å². The van der Waals surface area contributed by atoms with Crippen molar-refractivity contribution in [3.8, 4) is 0 Å². The molecule has 3 amide bonds. The van der Waals surface area contributed by atoms with Crippen LogP contribution < -0.4 is 5.32 Å². The van der Waals surface area contributed by atoms with E-state index < -0.39 is 0 Å². The van der Waals surface area contributed by atoms with E-state index in [9.17, 15) is 14.4 Å². The Morgan fingerprint density at radius 1 is 1.15 bits per heavy atom. The van der Waals surface area contributed by atoms with Crippen LogP contribution in [0.1, 0.15) is 66.2 Å². The van der Waals surface area contributed by atoms with Crippen molar-refractivity contribution in [2.45, 2.75) is 56.7 Å². The van der Waals surface area contributed by atoms with Gasteiger partial charge in [0.15, 0.2) is 0 Å². The molecule has 0 bridgehead atoms. The lowest BCUT2D eigenvalue weighted by molar-refractivity contribution is -0.120. The Morgan fingerprint density at radius 2 is 1.77 bits per heavy atom. The summed E-state index contributed by atoms with van der Waals surface area (Å²) in [5.74, 6) is 0.593. The third-order valence-electron chi connectivity index (χ3n) is 5.09. The number of benzene rings is 1. The van der Waals surface area contributed by atoms with Crippen molar-refractivity contribution in [1.82, 2.24) is 10.2 Å². The first-order chi connectivity index (χ1) is 12.6. The highest BCUT2D eigenvalue weighted by atomic mass is 32.2. The van der Waals surface area contributed by atoms with Gasteiger partial charge in [-0.3, -0.25) is 19.3 Å². The van der Waals surface area contributed by atoms with E-state index >= 15 is 0 Å². The van der Waals surface area contributed by atoms with Crippen LogP contribution in [0.5, 0.6) is 0 Å². The number of amides is 3. The number of imide groups is 1. The summed E-state index contributed by atoms with van der Waals surface area (Å²) in [5.41, 5.74) is 1.01. The van der Waals surface area contributed by atoms with Crippen LogP contribution in [-0.4, -0.2) is 46.2 Å². The van der Waals surface area contributed by atoms with Gasteiger partial charge in [-0.1, -0.05) is 25.0 Å². The molecule has 5 nitrogen and oxygen atoms in total. The lowest BCUT2D eigenvalue weighted by Crippen LogP contribution is -2.37. The molecule has 0 radical (unpaired) electrons. The Bertz CT molecular complexity index is 650. The molecular formula is C20H26N2O3S. The summed E-state index contributed by atoms with van der Waals surface area (Å²) in [7, 11) is 0. The molecule has 1 aliphatic heterocycles. The van der Waals surface area contributed by atoms with Gasteiger partial charge in [-0.2, -0.15) is 0 Å². The molecule has 1 heterocycles. The molecular weight excluding hydrogens is 348 g/mol. The van der Waals surface area contributed by atoms with Gasteiger partial charge in [0.2, 0.25) is 5.91 Å². The van der Waals surface area contributed by atoms with E-state index in [1.54, 1.807) is 36.0 Å². The molecule has 0 saturated heterocycles. The van der Waals surface area contributed by atoms with E-state index in [0.29, 0.717) is 23.7 Å². The molecule has 1 aromatic rings. The fraction of sp³-hybridized carbons (Fsp3) is 0.550. The molecule has 1 fully saturated rings. The van der Waals surface area contributed by atoms with Gasteiger partial charge < -0.3 is 5.32 Å². The number of fused-ring (bicyclic) bond motifs is 1. The highest BCUT2D eigenvalue weighted by molar-refractivity contribution is 8.00. The van der Waals surface area contributed by atoms with Crippen LogP contribution >= 0.6 is 11.8 Å². The lowest BCUT2D eigenvalue weighted by atomic mass is 10.1. The normalized spacial score (nSPS) is 18.3. The van der Waals surface area contributed by atoms with Crippen molar-refractivity contribution in [3.63, 3.8) is 0 Å². The number of nitrogens with one attached hydrogen (secondary N) is 1. The average molecular weight is 375 g/mol. The Morgan fingerprint density at radius 3 is 2.38 bits per heavy atom. The molecule has 1 aromatic carbocycles. The molecule has 140 valence electrons. The highest BCUT2D eigenvalue weighted by Gasteiger charge is 2.34. The smallest absolute Gasteiger partial charge is 0.261 e. The molecule has 2 aliphatic rings. The molecule has 1 unspecified atom stereocenters. The summed E-state index contributed by atoms with van der Waals surface area (Å²) in [6.07, 6.45) is 6.26. The molecule has 0 aromatic heterocycles. The maximum atomic E-state index is 12.3. The maximum absolute atomic E-state index is 12.3. The minimum atomic E-state index is -0.192. The van der Waals surface area contributed by atoms with Crippen LogP contribution in [0.3, 0.4) is 0 Å². The first kappa shape index (κ1) is 19.0. The van der Waals surface area contributed by atoms with Gasteiger partial charge in [-0.15, -0.1) is 11.8 Å². The number of nitrogens with zero attached hydrogens (tertiary/aromatic N) is 1. The van der Waals surface area contributed by atoms with Crippen molar-refractivity contribution < 1.29 is 14.4 Å². The van der Waals surface area contributed by atoms with Crippen LogP contribution in [0.2, 0.25) is 0 Å². The lowest BCUT2D eigenvalue weighted by Gasteiger charge is -2.17. The van der Waals surface area contributed by atoms with Gasteiger partial charge in [0.1, 0.15) is 0 Å². The van der Waals surface area contributed by atoms with Crippen LogP contribution in [0, 0.1) is 0 Å². The molecule has 1 atom stereocenters. The van der Waals surface area contributed by atoms with Gasteiger partial charge in [0.05, 0.1) is 16.4 Å². The van der Waals surface area contributed by atoms with Crippen LogP contribution in [0.25, 0.3) is 0 Å². The standard InChI is InChI=1S/C20H26N2O3S/c1-14(18(23)21-15-8-2-3-9-15)26-13-7-6-12-22-19(24)16-10-4-5-11-17(16)20(22)25/h4-5,10-11,14-15H,2-3,6-9,12-13H2,1H3,(H,21,23). The Hall–Kier alpha value is -1.82. The minimum Gasteiger partial charge on any atom is -0.352 e. The summed E-state index contributed by atoms with van der Waals surface area (Å²) in [4.78, 5) is 38.1. The van der Waals surface area contributed by atoms with E-state index in [-0.39, 0.29) is 23.0 Å². The third kappa shape index (κ3) is 4.29. The van der Waals surface area contributed by atoms with Crippen molar-refractivity contribution in [2.24, 2.45) is 0 Å². The highest BCUT2D eigenvalue weighted by Crippen LogP contribution is 2.23. The molecule has 26 heavy (non-hydrogen) atoms. The number of carbonyl (C=O) groups is 3. The van der Waals surface area contributed by atoms with Crippen molar-refractivity contribution in [3.05, 3.63) is 35.4 Å². The van der Waals surface area contributed by atoms with Crippen molar-refractivity contribution >= 4 is 29.5 Å². The van der Waals surface area contributed by atoms with E-state index in [0.717, 1.165) is 31.4 Å². The van der Waals surface area contributed by atoms with Gasteiger partial charge in [0.25, 0.3) is 11.8 Å². The molecule has 1 aliphatic carbocycles. The zero-order valence-corrected chi connectivity index (χ0v) is 16.0. The SMILES string of the molecule is CC(SCCCCN1C(=O)c2ccccc2C1=O)C(=O)NC1CCCC1. The number of hydrogen-bond acceptors (Lipinski definition) is 4. The fourth-order valence-electron chi connectivity index (χ4n) is 3.54. The van der Waals surface area contributed by atoms with Gasteiger partial charge >= 0.3 is 0 Å². The van der Waals surface area contributed by atoms with Crippen LogP contribution in [0.4, 0.5) is 0 Å². The number of unbranched alkanes of at least 4 members (excludes halogenated alkanes) is 1. The Balaban J connectivity index is 1.35. The van der Waals surface area contributed by atoms with Gasteiger partial charge in [0, 0.05) is 12.6 Å². The third-order valence-corrected chi connectivity index (χ3v) is 6.33. The average Bonchev–Trinajstić information content (AvgIpc) is 3.23. The molecule has 3 rings (SSSR count). The van der Waals surface area contributed by atoms with E-state index in [1.165, 1.54) is 17.7 Å². The summed E-state index contributed by atoms with van der Waals surface area (Å²) in [6, 6.07) is 7.33. The first-order valence-electron chi connectivity index (χ1n) is 9.45. The predicted octanol–water partition coefficient (Wildman–Crippen LogP) is 3.24. The predicted molar refractivity (Wildman–Crippen MR) is 103 cm³/mol. The second-order valence-corrected chi connectivity index (χ2v) is 8.47. The molecule has 1 saturated carbocycles. The van der Waals surface area contributed by atoms with Gasteiger partial charge in [-0.05, 0) is 50.5 Å². The van der Waals surface area contributed by atoms with Crippen molar-refractivity contribution in [2.75, 3.05) is 12.3 Å². The Labute approximate surface area is 158 Å². The molecule has 6 heteroatoms. The number of carbonyl (C=O) groups excluding carboxylic acids is 3. The zero-order chi connectivity index (χ0) is 18.5. The molecule has 1 N–H and O–H groups in total. The number of hydrogen-bond donors (Lipinski definition) is 1. The zero-order valence-electron chi connectivity index (χ0n) is 15.2. The van der Waals surface area contributed by atoms with Crippen molar-refractivity contribution in [1.29, 1.82) is 0 Å². The van der Waals surface area contributed by atoms with E-state index in [4.69, 9.17) is 0 Å².